The van der Waals surface area contributed by atoms with Crippen LogP contribution in [0.1, 0.15) is 74.5 Å². The highest BCUT2D eigenvalue weighted by Gasteiger charge is 2.15. The summed E-state index contributed by atoms with van der Waals surface area (Å²) in [4.78, 5) is 24.3. The molecule has 33 heavy (non-hydrogen) atoms. The van der Waals surface area contributed by atoms with Crippen molar-refractivity contribution in [1.82, 2.24) is 15.1 Å². The van der Waals surface area contributed by atoms with Crippen molar-refractivity contribution in [3.8, 4) is 0 Å². The van der Waals surface area contributed by atoms with E-state index in [-0.39, 0.29) is 12.0 Å². The Balaban J connectivity index is 1.66. The van der Waals surface area contributed by atoms with Crippen molar-refractivity contribution < 1.29 is 14.3 Å². The summed E-state index contributed by atoms with van der Waals surface area (Å²) < 4.78 is 6.95. The third-order valence-corrected chi connectivity index (χ3v) is 5.27. The molecule has 3 N–H and O–H groups in total. The molecule has 0 atom stereocenters. The molecule has 0 aliphatic carbocycles. The highest BCUT2D eigenvalue weighted by Crippen LogP contribution is 2.20. The van der Waals surface area contributed by atoms with Gasteiger partial charge in [0.15, 0.2) is 5.82 Å². The van der Waals surface area contributed by atoms with Gasteiger partial charge in [-0.2, -0.15) is 5.10 Å². The zero-order chi connectivity index (χ0) is 24.4. The molecule has 0 saturated carbocycles. The number of rotatable bonds is 11. The fourth-order valence-electron chi connectivity index (χ4n) is 3.39. The van der Waals surface area contributed by atoms with Crippen LogP contribution < -0.4 is 16.0 Å². The summed E-state index contributed by atoms with van der Waals surface area (Å²) in [5.74, 6) is 0.397. The second-order valence-electron chi connectivity index (χ2n) is 9.35. The van der Waals surface area contributed by atoms with Crippen molar-refractivity contribution in [2.45, 2.75) is 72.3 Å². The minimum Gasteiger partial charge on any atom is -0.444 e. The number of amides is 2. The Morgan fingerprint density at radius 1 is 1.03 bits per heavy atom. The monoisotopic (exact) mass is 457 g/mol. The van der Waals surface area contributed by atoms with Crippen molar-refractivity contribution in [3.05, 3.63) is 41.1 Å². The molecular formula is C25H39N5O3. The van der Waals surface area contributed by atoms with Gasteiger partial charge in [0, 0.05) is 43.1 Å². The molecule has 0 bridgehead atoms. The number of anilines is 2. The molecule has 1 aromatic carbocycles. The number of nitrogens with one attached hydrogen (secondary N) is 3. The molecule has 8 nitrogen and oxygen atoms in total. The maximum atomic E-state index is 12.7. The van der Waals surface area contributed by atoms with Crippen LogP contribution in [0, 0.1) is 13.8 Å². The van der Waals surface area contributed by atoms with Gasteiger partial charge in [-0.1, -0.05) is 25.3 Å². The molecule has 0 aliphatic rings. The van der Waals surface area contributed by atoms with Crippen LogP contribution in [0.5, 0.6) is 0 Å². The SMILES string of the molecule is Cc1c(NCCCCCCCNC(=O)OC(C)(C)C)cccc1C(=O)Nc1cc(C)n(C)n1. The number of ether oxygens (including phenoxy) is 1. The largest absolute Gasteiger partial charge is 0.444 e. The number of carbonyl (C=O) groups is 2. The number of hydrogen-bond acceptors (Lipinski definition) is 5. The topological polar surface area (TPSA) is 97.3 Å². The van der Waals surface area contributed by atoms with E-state index in [1.54, 1.807) is 4.68 Å². The number of alkyl carbamates (subject to hydrolysis) is 1. The lowest BCUT2D eigenvalue weighted by atomic mass is 10.1. The maximum Gasteiger partial charge on any atom is 0.407 e. The summed E-state index contributed by atoms with van der Waals surface area (Å²) in [6.45, 7) is 11.0. The number of carbonyl (C=O) groups excluding carboxylic acids is 2. The van der Waals surface area contributed by atoms with Gasteiger partial charge in [-0.25, -0.2) is 4.79 Å². The Kier molecular flexibility index (Phi) is 9.75. The summed E-state index contributed by atoms with van der Waals surface area (Å²) in [6, 6.07) is 7.57. The van der Waals surface area contributed by atoms with Crippen molar-refractivity contribution >= 4 is 23.5 Å². The van der Waals surface area contributed by atoms with Gasteiger partial charge in [-0.15, -0.1) is 0 Å². The summed E-state index contributed by atoms with van der Waals surface area (Å²) in [5.41, 5.74) is 3.06. The normalized spacial score (nSPS) is 11.2. The number of unbranched alkanes of at least 4 members (excludes halogenated alkanes) is 4. The molecule has 0 fully saturated rings. The van der Waals surface area contributed by atoms with Crippen LogP contribution in [0.15, 0.2) is 24.3 Å². The molecule has 8 heteroatoms. The predicted molar refractivity (Wildman–Crippen MR) is 133 cm³/mol. The molecule has 0 saturated heterocycles. The average Bonchev–Trinajstić information content (AvgIpc) is 3.03. The zero-order valence-corrected chi connectivity index (χ0v) is 20.9. The van der Waals surface area contributed by atoms with E-state index in [0.717, 1.165) is 55.6 Å². The van der Waals surface area contributed by atoms with Gasteiger partial charge in [-0.3, -0.25) is 9.48 Å². The Morgan fingerprint density at radius 2 is 1.70 bits per heavy atom. The van der Waals surface area contributed by atoms with Crippen molar-refractivity contribution in [3.63, 3.8) is 0 Å². The van der Waals surface area contributed by atoms with E-state index in [1.165, 1.54) is 0 Å². The van der Waals surface area contributed by atoms with Crippen LogP contribution in [-0.2, 0) is 11.8 Å². The molecule has 1 aromatic heterocycles. The molecule has 1 heterocycles. The summed E-state index contributed by atoms with van der Waals surface area (Å²) >= 11 is 0. The quantitative estimate of drug-likeness (QED) is 0.404. The molecule has 2 rings (SSSR count). The van der Waals surface area contributed by atoms with Gasteiger partial charge >= 0.3 is 6.09 Å². The molecular weight excluding hydrogens is 418 g/mol. The first-order valence-corrected chi connectivity index (χ1v) is 11.7. The lowest BCUT2D eigenvalue weighted by Crippen LogP contribution is -2.32. The Labute approximate surface area is 197 Å². The second kappa shape index (κ2) is 12.3. The predicted octanol–water partition coefficient (Wildman–Crippen LogP) is 5.18. The van der Waals surface area contributed by atoms with Crippen LogP contribution in [0.25, 0.3) is 0 Å². The van der Waals surface area contributed by atoms with Gasteiger partial charge < -0.3 is 20.7 Å². The molecule has 0 spiro atoms. The summed E-state index contributed by atoms with van der Waals surface area (Å²) in [5, 5.41) is 13.4. The molecule has 0 aliphatic heterocycles. The van der Waals surface area contributed by atoms with E-state index < -0.39 is 5.60 Å². The number of aryl methyl sites for hydroxylation is 2. The third-order valence-electron chi connectivity index (χ3n) is 5.27. The highest BCUT2D eigenvalue weighted by molar-refractivity contribution is 6.05. The fourth-order valence-corrected chi connectivity index (χ4v) is 3.39. The zero-order valence-electron chi connectivity index (χ0n) is 20.9. The van der Waals surface area contributed by atoms with E-state index in [0.29, 0.717) is 17.9 Å². The summed E-state index contributed by atoms with van der Waals surface area (Å²) in [6.07, 6.45) is 4.92. The third kappa shape index (κ3) is 9.16. The van der Waals surface area contributed by atoms with E-state index in [9.17, 15) is 9.59 Å². The van der Waals surface area contributed by atoms with Crippen molar-refractivity contribution in [2.75, 3.05) is 23.7 Å². The molecule has 0 radical (unpaired) electrons. The lowest BCUT2D eigenvalue weighted by Gasteiger charge is -2.19. The highest BCUT2D eigenvalue weighted by atomic mass is 16.6. The van der Waals surface area contributed by atoms with Crippen molar-refractivity contribution in [2.24, 2.45) is 7.05 Å². The first-order valence-electron chi connectivity index (χ1n) is 11.7. The van der Waals surface area contributed by atoms with Crippen LogP contribution in [-0.4, -0.2) is 40.5 Å². The number of benzene rings is 1. The standard InChI is InChI=1S/C25H39N5O3/c1-18-17-22(29-30(18)6)28-23(31)20-13-12-14-21(19(20)2)26-15-10-8-7-9-11-16-27-24(32)33-25(3,4)5/h12-14,17,26H,7-11,15-16H2,1-6H3,(H,27,32)(H,28,29,31). The van der Waals surface area contributed by atoms with Gasteiger partial charge in [0.25, 0.3) is 5.91 Å². The molecule has 2 amide bonds. The van der Waals surface area contributed by atoms with Gasteiger partial charge in [0.1, 0.15) is 5.60 Å². The van der Waals surface area contributed by atoms with Gasteiger partial charge in [0.05, 0.1) is 0 Å². The van der Waals surface area contributed by atoms with E-state index in [1.807, 2.05) is 65.9 Å². The number of aromatic nitrogens is 2. The molecule has 2 aromatic rings. The van der Waals surface area contributed by atoms with Crippen molar-refractivity contribution in [1.29, 1.82) is 0 Å². The van der Waals surface area contributed by atoms with Crippen LogP contribution >= 0.6 is 0 Å². The average molecular weight is 458 g/mol. The minimum atomic E-state index is -0.461. The Bertz CT molecular complexity index is 911. The second-order valence-corrected chi connectivity index (χ2v) is 9.35. The van der Waals surface area contributed by atoms with E-state index >= 15 is 0 Å². The van der Waals surface area contributed by atoms with Gasteiger partial charge in [-0.05, 0) is 65.2 Å². The first kappa shape index (κ1) is 26.2. The van der Waals surface area contributed by atoms with E-state index in [4.69, 9.17) is 4.74 Å². The van der Waals surface area contributed by atoms with Gasteiger partial charge in [0.2, 0.25) is 0 Å². The smallest absolute Gasteiger partial charge is 0.407 e. The number of hydrogen-bond donors (Lipinski definition) is 3. The van der Waals surface area contributed by atoms with Crippen LogP contribution in [0.2, 0.25) is 0 Å². The van der Waals surface area contributed by atoms with Crippen LogP contribution in [0.4, 0.5) is 16.3 Å². The Morgan fingerprint density at radius 3 is 2.33 bits per heavy atom. The Hall–Kier alpha value is -3.03. The molecule has 182 valence electrons. The fraction of sp³-hybridized carbons (Fsp3) is 0.560. The lowest BCUT2D eigenvalue weighted by molar-refractivity contribution is 0.0526. The molecule has 0 unspecified atom stereocenters. The minimum absolute atomic E-state index is 0.158. The van der Waals surface area contributed by atoms with Crippen LogP contribution in [0.3, 0.4) is 0 Å². The number of nitrogens with zero attached hydrogens (tertiary/aromatic N) is 2. The van der Waals surface area contributed by atoms with E-state index in [2.05, 4.69) is 21.0 Å². The maximum absolute atomic E-state index is 12.7. The first-order chi connectivity index (χ1) is 15.6. The summed E-state index contributed by atoms with van der Waals surface area (Å²) in [7, 11) is 1.85.